The second-order valence-corrected chi connectivity index (χ2v) is 16.6. The van der Waals surface area contributed by atoms with Crippen LogP contribution in [0.3, 0.4) is 0 Å². The molecule has 6 aromatic carbocycles. The number of esters is 2. The summed E-state index contributed by atoms with van der Waals surface area (Å²) in [5.41, 5.74) is 4.98. The summed E-state index contributed by atoms with van der Waals surface area (Å²) in [4.78, 5) is 28.0. The van der Waals surface area contributed by atoms with Gasteiger partial charge in [0.15, 0.2) is 0 Å². The van der Waals surface area contributed by atoms with Crippen molar-refractivity contribution in [2.24, 2.45) is 0 Å². The molecule has 3 aliphatic carbocycles. The Hall–Kier alpha value is -5.14. The zero-order chi connectivity index (χ0) is 34.2. The molecule has 0 heterocycles. The number of carbonyl (C=O) groups excluding carboxylic acids is 2. The topological polar surface area (TPSA) is 52.6 Å². The van der Waals surface area contributed by atoms with Crippen molar-refractivity contribution < 1.29 is 19.1 Å². The summed E-state index contributed by atoms with van der Waals surface area (Å²) in [7, 11) is 0.709. The lowest BCUT2D eigenvalue weighted by molar-refractivity contribution is -0.140. The number of benzene rings is 6. The van der Waals surface area contributed by atoms with Crippen molar-refractivity contribution in [3.05, 3.63) is 191 Å². The Bertz CT molecular complexity index is 2020. The fourth-order valence-corrected chi connectivity index (χ4v) is 12.8. The minimum absolute atomic E-state index is 0.367. The molecule has 0 aliphatic heterocycles. The van der Waals surface area contributed by atoms with E-state index in [2.05, 4.69) is 133 Å². The minimum atomic E-state index is -1.04. The predicted octanol–water partition coefficient (Wildman–Crippen LogP) is 6.44. The van der Waals surface area contributed by atoms with Crippen molar-refractivity contribution in [1.82, 2.24) is 0 Å². The highest BCUT2D eigenvalue weighted by molar-refractivity contribution is 7.80. The van der Waals surface area contributed by atoms with Gasteiger partial charge in [-0.1, -0.05) is 158 Å². The van der Waals surface area contributed by atoms with Gasteiger partial charge in [0.05, 0.1) is 25.4 Å². The van der Waals surface area contributed by atoms with Gasteiger partial charge in [-0.3, -0.25) is 0 Å². The number of carbonyl (C=O) groups is 2. The average Bonchev–Trinajstić information content (AvgIpc) is 3.19. The third-order valence-corrected chi connectivity index (χ3v) is 14.7. The Balaban J connectivity index is 1.47. The van der Waals surface area contributed by atoms with Gasteiger partial charge in [-0.05, 0) is 69.9 Å². The van der Waals surface area contributed by atoms with Gasteiger partial charge in [-0.25, -0.2) is 9.59 Å². The van der Waals surface area contributed by atoms with Crippen molar-refractivity contribution in [3.8, 4) is 0 Å². The van der Waals surface area contributed by atoms with E-state index in [0.717, 1.165) is 22.3 Å². The van der Waals surface area contributed by atoms with Crippen LogP contribution in [0.4, 0.5) is 0 Å². The Morgan fingerprint density at radius 1 is 0.420 bits per heavy atom. The molecule has 0 amide bonds. The molecular formula is C44H34O4P2. The number of methoxy groups -OCH3 is 2. The molecule has 6 heteroatoms. The van der Waals surface area contributed by atoms with Crippen molar-refractivity contribution in [2.45, 2.75) is 11.8 Å². The molecule has 4 nitrogen and oxygen atoms in total. The van der Waals surface area contributed by atoms with E-state index in [1.807, 2.05) is 24.3 Å². The quantitative estimate of drug-likeness (QED) is 0.137. The van der Waals surface area contributed by atoms with Crippen LogP contribution in [0.5, 0.6) is 0 Å². The molecule has 0 radical (unpaired) electrons. The van der Waals surface area contributed by atoms with E-state index in [1.54, 1.807) is 0 Å². The SMILES string of the molecule is COC(=O)C1=C(C(=O)OC)C2c3c(cccc3P(c3ccccc3)c3ccccc3)C1c1cccc(P(c3ccccc3)c3ccccc3)c12. The number of hydrogen-bond acceptors (Lipinski definition) is 4. The third kappa shape index (κ3) is 5.32. The number of hydrogen-bond donors (Lipinski definition) is 0. The second-order valence-electron chi connectivity index (χ2n) is 12.2. The number of ether oxygens (including phenoxy) is 2. The van der Waals surface area contributed by atoms with Crippen LogP contribution < -0.4 is 31.8 Å². The lowest BCUT2D eigenvalue weighted by atomic mass is 9.61. The predicted molar refractivity (Wildman–Crippen MR) is 205 cm³/mol. The molecule has 0 spiro atoms. The maximum atomic E-state index is 14.2. The maximum absolute atomic E-state index is 14.2. The van der Waals surface area contributed by atoms with Crippen LogP contribution in [-0.4, -0.2) is 26.2 Å². The smallest absolute Gasteiger partial charge is 0.335 e. The first-order valence-corrected chi connectivity index (χ1v) is 19.3. The molecule has 0 saturated carbocycles. The Kier molecular flexibility index (Phi) is 8.75. The van der Waals surface area contributed by atoms with Crippen LogP contribution in [0, 0.1) is 0 Å². The largest absolute Gasteiger partial charge is 0.466 e. The van der Waals surface area contributed by atoms with Crippen molar-refractivity contribution in [1.29, 1.82) is 0 Å². The van der Waals surface area contributed by atoms with Gasteiger partial charge >= 0.3 is 11.9 Å². The molecule has 0 unspecified atom stereocenters. The Labute approximate surface area is 294 Å². The molecular weight excluding hydrogens is 654 g/mol. The summed E-state index contributed by atoms with van der Waals surface area (Å²) in [5.74, 6) is -2.06. The first kappa shape index (κ1) is 32.1. The summed E-state index contributed by atoms with van der Waals surface area (Å²) in [5, 5.41) is 7.18. The monoisotopic (exact) mass is 688 g/mol. The Morgan fingerprint density at radius 2 is 0.740 bits per heavy atom. The second kappa shape index (κ2) is 13.6. The van der Waals surface area contributed by atoms with E-state index in [-0.39, 0.29) is 0 Å². The first-order valence-electron chi connectivity index (χ1n) is 16.6. The van der Waals surface area contributed by atoms with Crippen LogP contribution in [0.15, 0.2) is 169 Å². The van der Waals surface area contributed by atoms with Crippen molar-refractivity contribution >= 4 is 59.6 Å². The molecule has 2 bridgehead atoms. The van der Waals surface area contributed by atoms with E-state index in [4.69, 9.17) is 9.47 Å². The zero-order valence-corrected chi connectivity index (χ0v) is 29.5. The van der Waals surface area contributed by atoms with Gasteiger partial charge in [0.2, 0.25) is 0 Å². The standard InChI is InChI=1S/C44H34O4P2/c1-47-43(45)41-37-33-25-15-27-35(49(29-17-7-3-8-18-29)30-19-9-4-10-20-30)38(33)40(42(41)44(46)48-2)39-34(37)26-16-28-36(39)50(31-21-11-5-12-22-31)32-23-13-6-14-24-32/h3-28,37,40H,1-2H3. The van der Waals surface area contributed by atoms with Crippen molar-refractivity contribution in [3.63, 3.8) is 0 Å². The highest BCUT2D eigenvalue weighted by Gasteiger charge is 2.51. The van der Waals surface area contributed by atoms with Gasteiger partial charge in [0, 0.05) is 11.8 Å². The summed E-state index contributed by atoms with van der Waals surface area (Å²) >= 11 is 0. The highest BCUT2D eigenvalue weighted by atomic mass is 31.1. The molecule has 0 N–H and O–H groups in total. The van der Waals surface area contributed by atoms with Crippen LogP contribution in [0.2, 0.25) is 0 Å². The molecule has 0 fully saturated rings. The first-order chi connectivity index (χ1) is 24.6. The van der Waals surface area contributed by atoms with Gasteiger partial charge in [-0.2, -0.15) is 0 Å². The molecule has 244 valence electrons. The van der Waals surface area contributed by atoms with Gasteiger partial charge in [0.1, 0.15) is 0 Å². The van der Waals surface area contributed by atoms with Crippen LogP contribution in [-0.2, 0) is 19.1 Å². The van der Waals surface area contributed by atoms with Gasteiger partial charge in [0.25, 0.3) is 0 Å². The van der Waals surface area contributed by atoms with E-state index in [9.17, 15) is 9.59 Å². The van der Waals surface area contributed by atoms with Crippen LogP contribution in [0.1, 0.15) is 34.1 Å². The zero-order valence-electron chi connectivity index (χ0n) is 27.7. The molecule has 0 saturated heterocycles. The normalized spacial score (nSPS) is 15.8. The van der Waals surface area contributed by atoms with Crippen LogP contribution >= 0.6 is 15.8 Å². The lowest BCUT2D eigenvalue weighted by Crippen LogP contribution is -2.41. The van der Waals surface area contributed by atoms with E-state index < -0.39 is 39.6 Å². The van der Waals surface area contributed by atoms with Gasteiger partial charge < -0.3 is 9.47 Å². The average molecular weight is 689 g/mol. The van der Waals surface area contributed by atoms with E-state index in [1.165, 1.54) is 46.0 Å². The minimum Gasteiger partial charge on any atom is -0.466 e. The molecule has 6 aromatic rings. The fraction of sp³-hybridized carbons (Fsp3) is 0.0909. The van der Waals surface area contributed by atoms with Crippen LogP contribution in [0.25, 0.3) is 0 Å². The summed E-state index contributed by atoms with van der Waals surface area (Å²) in [6.07, 6.45) is 0. The lowest BCUT2D eigenvalue weighted by Gasteiger charge is -2.45. The molecule has 0 aromatic heterocycles. The highest BCUT2D eigenvalue weighted by Crippen LogP contribution is 2.58. The summed E-state index contributed by atoms with van der Waals surface area (Å²) < 4.78 is 11.0. The summed E-state index contributed by atoms with van der Waals surface area (Å²) in [6, 6.07) is 55.3. The maximum Gasteiger partial charge on any atom is 0.335 e. The molecule has 0 atom stereocenters. The van der Waals surface area contributed by atoms with Crippen molar-refractivity contribution in [2.75, 3.05) is 14.2 Å². The Morgan fingerprint density at radius 3 is 1.06 bits per heavy atom. The van der Waals surface area contributed by atoms with Gasteiger partial charge in [-0.15, -0.1) is 0 Å². The number of rotatable bonds is 8. The molecule has 9 rings (SSSR count). The van der Waals surface area contributed by atoms with E-state index >= 15 is 0 Å². The van der Waals surface area contributed by atoms with E-state index in [0.29, 0.717) is 11.1 Å². The fourth-order valence-electron chi connectivity index (χ4n) is 7.72. The third-order valence-electron chi connectivity index (χ3n) is 9.65. The molecule has 3 aliphatic rings. The molecule has 50 heavy (non-hydrogen) atoms. The summed E-state index contributed by atoms with van der Waals surface area (Å²) in [6.45, 7) is 0.